The van der Waals surface area contributed by atoms with E-state index in [0.717, 1.165) is 29.5 Å². The van der Waals surface area contributed by atoms with Crippen molar-refractivity contribution in [3.05, 3.63) is 35.2 Å². The summed E-state index contributed by atoms with van der Waals surface area (Å²) in [5.41, 5.74) is 2.20. The van der Waals surface area contributed by atoms with Crippen LogP contribution < -0.4 is 0 Å². The number of fused-ring (bicyclic) bond motifs is 1. The van der Waals surface area contributed by atoms with Gasteiger partial charge in [-0.15, -0.1) is 0 Å². The number of hydrogen-bond donors (Lipinski definition) is 1. The Hall–Kier alpha value is -1.42. The second-order valence-electron chi connectivity index (χ2n) is 3.49. The first-order chi connectivity index (χ1) is 7.34. The van der Waals surface area contributed by atoms with Crippen LogP contribution in [0.4, 0.5) is 0 Å². The van der Waals surface area contributed by atoms with Gasteiger partial charge in [0.25, 0.3) is 0 Å². The maximum absolute atomic E-state index is 9.43. The molecule has 1 aromatic rings. The van der Waals surface area contributed by atoms with Gasteiger partial charge >= 0.3 is 0 Å². The van der Waals surface area contributed by atoms with E-state index in [9.17, 15) is 5.11 Å². The summed E-state index contributed by atoms with van der Waals surface area (Å²) in [6.07, 6.45) is 0. The molecule has 2 heterocycles. The second kappa shape index (κ2) is 3.31. The Labute approximate surface area is 92.1 Å². The number of aliphatic imine (C=N–C) groups is 1. The van der Waals surface area contributed by atoms with E-state index in [-0.39, 0.29) is 0 Å². The van der Waals surface area contributed by atoms with E-state index in [1.165, 1.54) is 0 Å². The lowest BCUT2D eigenvalue weighted by Gasteiger charge is -2.16. The fourth-order valence-electron chi connectivity index (χ4n) is 1.81. The van der Waals surface area contributed by atoms with Crippen molar-refractivity contribution in [1.82, 2.24) is 4.90 Å². The van der Waals surface area contributed by atoms with Crippen molar-refractivity contribution in [2.45, 2.75) is 0 Å². The lowest BCUT2D eigenvalue weighted by atomic mass is 10.1. The number of amidine groups is 1. The molecule has 76 valence electrons. The third-order valence-corrected chi connectivity index (χ3v) is 3.41. The van der Waals surface area contributed by atoms with Crippen molar-refractivity contribution in [2.24, 2.45) is 4.99 Å². The van der Waals surface area contributed by atoms with Gasteiger partial charge in [0.1, 0.15) is 5.75 Å². The average Bonchev–Trinajstić information content (AvgIpc) is 2.77. The average molecular weight is 218 g/mol. The Morgan fingerprint density at radius 3 is 3.20 bits per heavy atom. The smallest absolute Gasteiger partial charge is 0.168 e. The topological polar surface area (TPSA) is 35.8 Å². The first-order valence-corrected chi connectivity index (χ1v) is 5.71. The van der Waals surface area contributed by atoms with Crippen LogP contribution in [0.25, 0.3) is 5.70 Å². The zero-order chi connectivity index (χ0) is 10.3. The molecule has 0 saturated carbocycles. The van der Waals surface area contributed by atoms with Crippen LogP contribution in [0.2, 0.25) is 0 Å². The van der Waals surface area contributed by atoms with Gasteiger partial charge < -0.3 is 10.0 Å². The molecule has 15 heavy (non-hydrogen) atoms. The van der Waals surface area contributed by atoms with Crippen molar-refractivity contribution < 1.29 is 5.11 Å². The highest BCUT2D eigenvalue weighted by atomic mass is 32.2. The fourth-order valence-corrected chi connectivity index (χ4v) is 2.78. The quantitative estimate of drug-likeness (QED) is 0.784. The van der Waals surface area contributed by atoms with Gasteiger partial charge in [-0.25, -0.2) is 0 Å². The molecule has 0 bridgehead atoms. The highest BCUT2D eigenvalue weighted by Crippen LogP contribution is 2.35. The van der Waals surface area contributed by atoms with Gasteiger partial charge in [0.2, 0.25) is 0 Å². The molecule has 0 spiro atoms. The predicted octanol–water partition coefficient (Wildman–Crippen LogP) is 2.11. The summed E-state index contributed by atoms with van der Waals surface area (Å²) in [6, 6.07) is 7.34. The summed E-state index contributed by atoms with van der Waals surface area (Å²) in [4.78, 5) is 6.58. The van der Waals surface area contributed by atoms with Crippen LogP contribution in [0.15, 0.2) is 34.7 Å². The molecule has 0 amide bonds. The number of nitrogens with zero attached hydrogens (tertiary/aromatic N) is 2. The number of benzene rings is 1. The van der Waals surface area contributed by atoms with Crippen LogP contribution in [-0.4, -0.2) is 28.3 Å². The SMILES string of the molecule is Oc1cccc(C2=CSC3=NCCN23)c1. The molecule has 2 aliphatic heterocycles. The van der Waals surface area contributed by atoms with E-state index in [4.69, 9.17) is 0 Å². The minimum atomic E-state index is 0.308. The number of phenols is 1. The van der Waals surface area contributed by atoms with Crippen LogP contribution in [-0.2, 0) is 0 Å². The van der Waals surface area contributed by atoms with Gasteiger partial charge in [0, 0.05) is 17.5 Å². The van der Waals surface area contributed by atoms with Gasteiger partial charge in [-0.1, -0.05) is 23.9 Å². The standard InChI is InChI=1S/C11H10N2OS/c14-9-3-1-2-8(6-9)10-7-15-11-12-4-5-13(10)11/h1-3,6-7,14H,4-5H2. The Bertz CT molecular complexity index is 467. The third-order valence-electron chi connectivity index (χ3n) is 2.51. The number of rotatable bonds is 1. The van der Waals surface area contributed by atoms with Crippen molar-refractivity contribution in [3.8, 4) is 5.75 Å². The number of aromatic hydroxyl groups is 1. The molecular formula is C11H10N2OS. The van der Waals surface area contributed by atoms with Gasteiger partial charge in [0.05, 0.1) is 12.2 Å². The van der Waals surface area contributed by atoms with Gasteiger partial charge in [-0.2, -0.15) is 0 Å². The van der Waals surface area contributed by atoms with Crippen molar-refractivity contribution >= 4 is 22.6 Å². The summed E-state index contributed by atoms with van der Waals surface area (Å²) in [5.74, 6) is 0.308. The molecule has 0 radical (unpaired) electrons. The van der Waals surface area contributed by atoms with E-state index in [1.807, 2.05) is 12.1 Å². The zero-order valence-electron chi connectivity index (χ0n) is 8.05. The molecule has 0 aromatic heterocycles. The highest BCUT2D eigenvalue weighted by molar-refractivity contribution is 8.16. The van der Waals surface area contributed by atoms with E-state index in [2.05, 4.69) is 15.3 Å². The van der Waals surface area contributed by atoms with Crippen LogP contribution in [0.3, 0.4) is 0 Å². The Balaban J connectivity index is 1.99. The molecule has 0 atom stereocenters. The van der Waals surface area contributed by atoms with Crippen molar-refractivity contribution in [1.29, 1.82) is 0 Å². The summed E-state index contributed by atoms with van der Waals surface area (Å²) < 4.78 is 0. The van der Waals surface area contributed by atoms with E-state index >= 15 is 0 Å². The Morgan fingerprint density at radius 1 is 1.40 bits per heavy atom. The Morgan fingerprint density at radius 2 is 2.33 bits per heavy atom. The van der Waals surface area contributed by atoms with Gasteiger partial charge in [0.15, 0.2) is 5.17 Å². The van der Waals surface area contributed by atoms with Crippen LogP contribution >= 0.6 is 11.8 Å². The molecular weight excluding hydrogens is 208 g/mol. The third kappa shape index (κ3) is 1.41. The first kappa shape index (κ1) is 8.85. The summed E-state index contributed by atoms with van der Waals surface area (Å²) in [6.45, 7) is 1.82. The molecule has 4 heteroatoms. The largest absolute Gasteiger partial charge is 0.508 e. The first-order valence-electron chi connectivity index (χ1n) is 4.83. The van der Waals surface area contributed by atoms with Gasteiger partial charge in [-0.05, 0) is 12.1 Å². The molecule has 0 aliphatic carbocycles. The molecule has 1 N–H and O–H groups in total. The maximum Gasteiger partial charge on any atom is 0.168 e. The maximum atomic E-state index is 9.43. The predicted molar refractivity (Wildman–Crippen MR) is 62.7 cm³/mol. The van der Waals surface area contributed by atoms with Crippen LogP contribution in [0.5, 0.6) is 5.75 Å². The fraction of sp³-hybridized carbons (Fsp3) is 0.182. The van der Waals surface area contributed by atoms with Crippen molar-refractivity contribution in [3.63, 3.8) is 0 Å². The summed E-state index contributed by atoms with van der Waals surface area (Å²) >= 11 is 1.65. The Kier molecular flexibility index (Phi) is 1.95. The minimum Gasteiger partial charge on any atom is -0.508 e. The number of phenolic OH excluding ortho intramolecular Hbond substituents is 1. The molecule has 2 aliphatic rings. The lowest BCUT2D eigenvalue weighted by molar-refractivity contribution is 0.475. The van der Waals surface area contributed by atoms with Crippen LogP contribution in [0, 0.1) is 0 Å². The molecule has 1 aromatic carbocycles. The second-order valence-corrected chi connectivity index (χ2v) is 4.32. The zero-order valence-corrected chi connectivity index (χ0v) is 8.87. The highest BCUT2D eigenvalue weighted by Gasteiger charge is 2.26. The summed E-state index contributed by atoms with van der Waals surface area (Å²) in [7, 11) is 0. The minimum absolute atomic E-state index is 0.308. The molecule has 0 unspecified atom stereocenters. The van der Waals surface area contributed by atoms with E-state index < -0.39 is 0 Å². The molecule has 3 rings (SSSR count). The van der Waals surface area contributed by atoms with Crippen molar-refractivity contribution in [2.75, 3.05) is 13.1 Å². The normalized spacial score (nSPS) is 18.8. The van der Waals surface area contributed by atoms with Gasteiger partial charge in [-0.3, -0.25) is 4.99 Å². The van der Waals surface area contributed by atoms with E-state index in [0.29, 0.717) is 5.75 Å². The molecule has 0 saturated heterocycles. The summed E-state index contributed by atoms with van der Waals surface area (Å²) in [5, 5.41) is 12.6. The monoisotopic (exact) mass is 218 g/mol. The number of hydrogen-bond acceptors (Lipinski definition) is 4. The van der Waals surface area contributed by atoms with Crippen LogP contribution in [0.1, 0.15) is 5.56 Å². The lowest BCUT2D eigenvalue weighted by Crippen LogP contribution is -2.19. The van der Waals surface area contributed by atoms with E-state index in [1.54, 1.807) is 23.9 Å². The molecule has 3 nitrogen and oxygen atoms in total. The number of thioether (sulfide) groups is 1. The molecule has 0 fully saturated rings.